The number of hydrogen-bond acceptors (Lipinski definition) is 3. The molecule has 114 valence electrons. The second-order valence-electron chi connectivity index (χ2n) is 5.76. The van der Waals surface area contributed by atoms with Crippen molar-refractivity contribution in [2.24, 2.45) is 0 Å². The lowest BCUT2D eigenvalue weighted by molar-refractivity contribution is 0.336. The fraction of sp³-hybridized carbons (Fsp3) is 0.600. The molecule has 0 saturated heterocycles. The van der Waals surface area contributed by atoms with E-state index in [0.29, 0.717) is 6.42 Å². The van der Waals surface area contributed by atoms with Gasteiger partial charge in [0.05, 0.1) is 5.75 Å². The van der Waals surface area contributed by atoms with Crippen molar-refractivity contribution in [3.8, 4) is 0 Å². The molecule has 1 aromatic rings. The summed E-state index contributed by atoms with van der Waals surface area (Å²) in [5.74, 6) is -0.115. The van der Waals surface area contributed by atoms with Gasteiger partial charge >= 0.3 is 0 Å². The number of hydrogen-bond donors (Lipinski definition) is 1. The van der Waals surface area contributed by atoms with Gasteiger partial charge < -0.3 is 5.32 Å². The SMILES string of the molecule is CCNC(CCS(C)(=O)=O)C(C)(C)c1ccc(F)cc1. The molecule has 1 rings (SSSR count). The van der Waals surface area contributed by atoms with Gasteiger partial charge in [0.15, 0.2) is 0 Å². The van der Waals surface area contributed by atoms with Crippen LogP contribution in [0.3, 0.4) is 0 Å². The lowest BCUT2D eigenvalue weighted by Gasteiger charge is -2.35. The van der Waals surface area contributed by atoms with Crippen molar-refractivity contribution in [2.45, 2.75) is 38.6 Å². The predicted molar refractivity (Wildman–Crippen MR) is 81.2 cm³/mol. The summed E-state index contributed by atoms with van der Waals surface area (Å²) in [5, 5.41) is 3.35. The van der Waals surface area contributed by atoms with Gasteiger partial charge in [-0.3, -0.25) is 0 Å². The summed E-state index contributed by atoms with van der Waals surface area (Å²) in [5.41, 5.74) is 0.729. The molecule has 0 saturated carbocycles. The monoisotopic (exact) mass is 301 g/mol. The van der Waals surface area contributed by atoms with Crippen molar-refractivity contribution in [3.05, 3.63) is 35.6 Å². The zero-order valence-electron chi connectivity index (χ0n) is 12.6. The molecule has 0 aliphatic heterocycles. The van der Waals surface area contributed by atoms with Gasteiger partial charge in [0.1, 0.15) is 15.7 Å². The van der Waals surface area contributed by atoms with Gasteiger partial charge in [0, 0.05) is 17.7 Å². The Morgan fingerprint density at radius 2 is 1.80 bits per heavy atom. The summed E-state index contributed by atoms with van der Waals surface area (Å²) in [6, 6.07) is 6.43. The predicted octanol–water partition coefficient (Wildman–Crippen LogP) is 2.52. The third-order valence-electron chi connectivity index (χ3n) is 3.69. The molecule has 0 aromatic heterocycles. The molecule has 1 aromatic carbocycles. The maximum absolute atomic E-state index is 13.0. The molecular formula is C15H24FNO2S. The van der Waals surface area contributed by atoms with Gasteiger partial charge in [0.2, 0.25) is 0 Å². The molecule has 1 N–H and O–H groups in total. The normalized spacial score (nSPS) is 14.2. The van der Waals surface area contributed by atoms with E-state index in [2.05, 4.69) is 19.2 Å². The molecule has 1 unspecified atom stereocenters. The molecule has 0 heterocycles. The smallest absolute Gasteiger partial charge is 0.147 e. The Labute approximate surface area is 121 Å². The van der Waals surface area contributed by atoms with E-state index in [1.54, 1.807) is 12.1 Å². The largest absolute Gasteiger partial charge is 0.313 e. The lowest BCUT2D eigenvalue weighted by Crippen LogP contribution is -2.45. The molecule has 0 aliphatic carbocycles. The van der Waals surface area contributed by atoms with Crippen LogP contribution in [0, 0.1) is 5.82 Å². The molecule has 3 nitrogen and oxygen atoms in total. The first-order valence-electron chi connectivity index (χ1n) is 6.84. The molecule has 0 spiro atoms. The number of likely N-dealkylation sites (N-methyl/N-ethyl adjacent to an activating group) is 1. The van der Waals surface area contributed by atoms with Crippen molar-refractivity contribution in [3.63, 3.8) is 0 Å². The Bertz CT molecular complexity index is 523. The van der Waals surface area contributed by atoms with Gasteiger partial charge in [-0.25, -0.2) is 12.8 Å². The highest BCUT2D eigenvalue weighted by molar-refractivity contribution is 7.90. The highest BCUT2D eigenvalue weighted by Gasteiger charge is 2.31. The number of rotatable bonds is 7. The van der Waals surface area contributed by atoms with Crippen LogP contribution in [0.4, 0.5) is 4.39 Å². The van der Waals surface area contributed by atoms with Gasteiger partial charge in [-0.15, -0.1) is 0 Å². The van der Waals surface area contributed by atoms with Crippen LogP contribution < -0.4 is 5.32 Å². The summed E-state index contributed by atoms with van der Waals surface area (Å²) < 4.78 is 35.8. The summed E-state index contributed by atoms with van der Waals surface area (Å²) in [4.78, 5) is 0. The van der Waals surface area contributed by atoms with Gasteiger partial charge in [0.25, 0.3) is 0 Å². The second kappa shape index (κ2) is 6.68. The molecule has 5 heteroatoms. The maximum atomic E-state index is 13.0. The second-order valence-corrected chi connectivity index (χ2v) is 8.02. The Balaban J connectivity index is 2.95. The first-order chi connectivity index (χ1) is 9.16. The fourth-order valence-corrected chi connectivity index (χ4v) is 3.04. The summed E-state index contributed by atoms with van der Waals surface area (Å²) in [7, 11) is -2.99. The zero-order valence-corrected chi connectivity index (χ0v) is 13.4. The molecule has 0 fully saturated rings. The van der Waals surface area contributed by atoms with E-state index < -0.39 is 9.84 Å². The minimum absolute atomic E-state index is 0.0210. The fourth-order valence-electron chi connectivity index (χ4n) is 2.38. The molecule has 1 atom stereocenters. The van der Waals surface area contributed by atoms with Crippen molar-refractivity contribution in [1.29, 1.82) is 0 Å². The summed E-state index contributed by atoms with van der Waals surface area (Å²) >= 11 is 0. The number of halogens is 1. The van der Waals surface area contributed by atoms with Crippen LogP contribution >= 0.6 is 0 Å². The third-order valence-corrected chi connectivity index (χ3v) is 4.66. The Morgan fingerprint density at radius 3 is 2.25 bits per heavy atom. The van der Waals surface area contributed by atoms with Crippen LogP contribution in [0.1, 0.15) is 32.8 Å². The van der Waals surface area contributed by atoms with Crippen LogP contribution in [-0.2, 0) is 15.3 Å². The van der Waals surface area contributed by atoms with E-state index in [4.69, 9.17) is 0 Å². The average molecular weight is 301 g/mol. The first-order valence-corrected chi connectivity index (χ1v) is 8.90. The molecule has 20 heavy (non-hydrogen) atoms. The van der Waals surface area contributed by atoms with E-state index in [0.717, 1.165) is 12.1 Å². The standard InChI is InChI=1S/C15H24FNO2S/c1-5-17-14(10-11-20(4,18)19)15(2,3)12-6-8-13(16)9-7-12/h6-9,14,17H,5,10-11H2,1-4H3. The third kappa shape index (κ3) is 4.87. The molecule has 0 bridgehead atoms. The molecule has 0 aliphatic rings. The first kappa shape index (κ1) is 17.1. The van der Waals surface area contributed by atoms with Crippen LogP contribution in [-0.4, -0.2) is 33.0 Å². The molecular weight excluding hydrogens is 277 g/mol. The highest BCUT2D eigenvalue weighted by atomic mass is 32.2. The minimum Gasteiger partial charge on any atom is -0.313 e. The quantitative estimate of drug-likeness (QED) is 0.842. The van der Waals surface area contributed by atoms with Crippen molar-refractivity contribution in [1.82, 2.24) is 5.32 Å². The van der Waals surface area contributed by atoms with E-state index in [1.165, 1.54) is 18.4 Å². The van der Waals surface area contributed by atoms with Gasteiger partial charge in [-0.1, -0.05) is 32.9 Å². The average Bonchev–Trinajstić information content (AvgIpc) is 2.33. The summed E-state index contributed by atoms with van der Waals surface area (Å²) in [6.45, 7) is 6.86. The lowest BCUT2D eigenvalue weighted by atomic mass is 9.76. The van der Waals surface area contributed by atoms with Crippen LogP contribution in [0.25, 0.3) is 0 Å². The maximum Gasteiger partial charge on any atom is 0.147 e. The van der Waals surface area contributed by atoms with Crippen LogP contribution in [0.15, 0.2) is 24.3 Å². The van der Waals surface area contributed by atoms with Gasteiger partial charge in [-0.05, 0) is 30.7 Å². The zero-order chi connectivity index (χ0) is 15.4. The van der Waals surface area contributed by atoms with Gasteiger partial charge in [-0.2, -0.15) is 0 Å². The van der Waals surface area contributed by atoms with E-state index in [1.807, 2.05) is 6.92 Å². The highest BCUT2D eigenvalue weighted by Crippen LogP contribution is 2.29. The topological polar surface area (TPSA) is 46.2 Å². The number of sulfone groups is 1. The van der Waals surface area contributed by atoms with Crippen LogP contribution in [0.2, 0.25) is 0 Å². The minimum atomic E-state index is -2.99. The molecule has 0 radical (unpaired) electrons. The van der Waals surface area contributed by atoms with E-state index in [-0.39, 0.29) is 23.0 Å². The van der Waals surface area contributed by atoms with Crippen LogP contribution in [0.5, 0.6) is 0 Å². The summed E-state index contributed by atoms with van der Waals surface area (Å²) in [6.07, 6.45) is 1.79. The van der Waals surface area contributed by atoms with Crippen molar-refractivity contribution < 1.29 is 12.8 Å². The Hall–Kier alpha value is -0.940. The number of nitrogens with one attached hydrogen (secondary N) is 1. The van der Waals surface area contributed by atoms with E-state index >= 15 is 0 Å². The Kier molecular flexibility index (Phi) is 5.71. The van der Waals surface area contributed by atoms with Crippen molar-refractivity contribution in [2.75, 3.05) is 18.6 Å². The van der Waals surface area contributed by atoms with Crippen molar-refractivity contribution >= 4 is 9.84 Å². The van der Waals surface area contributed by atoms with E-state index in [9.17, 15) is 12.8 Å². The number of benzene rings is 1. The Morgan fingerprint density at radius 1 is 1.25 bits per heavy atom. The molecule has 0 amide bonds.